The van der Waals surface area contributed by atoms with Crippen molar-refractivity contribution in [1.29, 1.82) is 0 Å². The minimum atomic E-state index is 0.0113. The lowest BCUT2D eigenvalue weighted by Gasteiger charge is -2.25. The summed E-state index contributed by atoms with van der Waals surface area (Å²) in [5.74, 6) is 0.652. The van der Waals surface area contributed by atoms with E-state index in [1.54, 1.807) is 22.1 Å². The zero-order valence-corrected chi connectivity index (χ0v) is 10.3. The molecule has 1 aliphatic carbocycles. The van der Waals surface area contributed by atoms with Crippen molar-refractivity contribution in [2.24, 2.45) is 5.92 Å². The summed E-state index contributed by atoms with van der Waals surface area (Å²) in [6.45, 7) is 0.776. The van der Waals surface area contributed by atoms with Crippen LogP contribution in [0.3, 0.4) is 0 Å². The van der Waals surface area contributed by atoms with Crippen molar-refractivity contribution >= 4 is 11.3 Å². The third kappa shape index (κ3) is 2.17. The maximum absolute atomic E-state index is 11.7. The van der Waals surface area contributed by atoms with Gasteiger partial charge in [0.25, 0.3) is 5.56 Å². The van der Waals surface area contributed by atoms with E-state index in [1.165, 1.54) is 19.3 Å². The van der Waals surface area contributed by atoms with Crippen LogP contribution in [0.4, 0.5) is 0 Å². The van der Waals surface area contributed by atoms with Gasteiger partial charge in [-0.2, -0.15) is 5.10 Å². The highest BCUT2D eigenvalue weighted by atomic mass is 32.1. The van der Waals surface area contributed by atoms with E-state index in [9.17, 15) is 4.79 Å². The van der Waals surface area contributed by atoms with Crippen molar-refractivity contribution in [2.75, 3.05) is 0 Å². The highest BCUT2D eigenvalue weighted by molar-refractivity contribution is 7.13. The summed E-state index contributed by atoms with van der Waals surface area (Å²) in [7, 11) is 0. The van der Waals surface area contributed by atoms with Gasteiger partial charge in [0.05, 0.1) is 4.88 Å². The Labute approximate surface area is 104 Å². The Balaban J connectivity index is 1.91. The van der Waals surface area contributed by atoms with Crippen LogP contribution in [0.5, 0.6) is 0 Å². The molecule has 2 heterocycles. The Morgan fingerprint density at radius 1 is 1.35 bits per heavy atom. The first-order valence-electron chi connectivity index (χ1n) is 5.95. The summed E-state index contributed by atoms with van der Waals surface area (Å²) in [4.78, 5) is 12.8. The molecule has 0 N–H and O–H groups in total. The number of rotatable bonds is 3. The second kappa shape index (κ2) is 4.45. The predicted molar refractivity (Wildman–Crippen MR) is 69.2 cm³/mol. The fourth-order valence-electron chi connectivity index (χ4n) is 2.06. The zero-order chi connectivity index (χ0) is 11.7. The molecule has 0 spiro atoms. The standard InChI is InChI=1S/C13H14N2OS/c16-13-7-6-11(12-5-2-8-17-12)14-15(13)9-10-3-1-4-10/h2,5-8,10H,1,3-4,9H2. The lowest BCUT2D eigenvalue weighted by Crippen LogP contribution is -2.28. The van der Waals surface area contributed by atoms with E-state index >= 15 is 0 Å². The molecular weight excluding hydrogens is 232 g/mol. The van der Waals surface area contributed by atoms with Crippen LogP contribution in [-0.4, -0.2) is 9.78 Å². The molecule has 88 valence electrons. The number of hydrogen-bond donors (Lipinski definition) is 0. The minimum absolute atomic E-state index is 0.0113. The fraction of sp³-hybridized carbons (Fsp3) is 0.385. The van der Waals surface area contributed by atoms with Crippen molar-refractivity contribution < 1.29 is 0 Å². The van der Waals surface area contributed by atoms with E-state index in [4.69, 9.17) is 0 Å². The quantitative estimate of drug-likeness (QED) is 0.834. The molecule has 2 aromatic rings. The smallest absolute Gasteiger partial charge is 0.266 e. The highest BCUT2D eigenvalue weighted by Gasteiger charge is 2.19. The number of hydrogen-bond acceptors (Lipinski definition) is 3. The minimum Gasteiger partial charge on any atom is -0.268 e. The summed E-state index contributed by atoms with van der Waals surface area (Å²) in [5.41, 5.74) is 0.913. The molecular formula is C13H14N2OS. The molecule has 3 nitrogen and oxygen atoms in total. The molecule has 3 rings (SSSR count). The van der Waals surface area contributed by atoms with Gasteiger partial charge in [-0.25, -0.2) is 4.68 Å². The summed E-state index contributed by atoms with van der Waals surface area (Å²) in [6.07, 6.45) is 3.76. The maximum atomic E-state index is 11.7. The van der Waals surface area contributed by atoms with Crippen molar-refractivity contribution in [3.63, 3.8) is 0 Å². The largest absolute Gasteiger partial charge is 0.268 e. The SMILES string of the molecule is O=c1ccc(-c2cccs2)nn1CC1CCC1. The Kier molecular flexibility index (Phi) is 2.81. The van der Waals surface area contributed by atoms with Crippen molar-refractivity contribution in [3.8, 4) is 10.6 Å². The van der Waals surface area contributed by atoms with Gasteiger partial charge in [-0.15, -0.1) is 11.3 Å². The van der Waals surface area contributed by atoms with Crippen LogP contribution in [0, 0.1) is 5.92 Å². The van der Waals surface area contributed by atoms with Crippen LogP contribution in [0.15, 0.2) is 34.4 Å². The molecule has 17 heavy (non-hydrogen) atoms. The van der Waals surface area contributed by atoms with Crippen LogP contribution in [0.2, 0.25) is 0 Å². The Bertz CT molecular complexity index is 555. The molecule has 0 bridgehead atoms. The molecule has 2 aromatic heterocycles. The molecule has 0 radical (unpaired) electrons. The van der Waals surface area contributed by atoms with Crippen molar-refractivity contribution in [2.45, 2.75) is 25.8 Å². The number of nitrogens with zero attached hydrogens (tertiary/aromatic N) is 2. The molecule has 1 fully saturated rings. The van der Waals surface area contributed by atoms with Gasteiger partial charge in [-0.1, -0.05) is 12.5 Å². The van der Waals surface area contributed by atoms with Gasteiger partial charge in [0, 0.05) is 12.6 Å². The molecule has 0 aliphatic heterocycles. The summed E-state index contributed by atoms with van der Waals surface area (Å²) in [6, 6.07) is 7.47. The van der Waals surface area contributed by atoms with Crippen molar-refractivity contribution in [3.05, 3.63) is 40.0 Å². The van der Waals surface area contributed by atoms with E-state index < -0.39 is 0 Å². The van der Waals surface area contributed by atoms with Crippen LogP contribution in [0.1, 0.15) is 19.3 Å². The number of thiophene rings is 1. The van der Waals surface area contributed by atoms with Crippen LogP contribution in [0.25, 0.3) is 10.6 Å². The van der Waals surface area contributed by atoms with Gasteiger partial charge in [0.2, 0.25) is 0 Å². The van der Waals surface area contributed by atoms with Gasteiger partial charge in [-0.3, -0.25) is 4.79 Å². The third-order valence-electron chi connectivity index (χ3n) is 3.30. The predicted octanol–water partition coefficient (Wildman–Crippen LogP) is 2.77. The van der Waals surface area contributed by atoms with Crippen molar-refractivity contribution in [1.82, 2.24) is 9.78 Å². The molecule has 0 unspecified atom stereocenters. The third-order valence-corrected chi connectivity index (χ3v) is 4.19. The highest BCUT2D eigenvalue weighted by Crippen LogP contribution is 2.27. The normalized spacial score (nSPS) is 15.8. The molecule has 0 atom stereocenters. The van der Waals surface area contributed by atoms with E-state index in [0.717, 1.165) is 17.1 Å². The first-order chi connectivity index (χ1) is 8.33. The van der Waals surface area contributed by atoms with E-state index in [0.29, 0.717) is 5.92 Å². The van der Waals surface area contributed by atoms with E-state index in [2.05, 4.69) is 5.10 Å². The van der Waals surface area contributed by atoms with Gasteiger partial charge in [0.15, 0.2) is 0 Å². The first-order valence-corrected chi connectivity index (χ1v) is 6.83. The lowest BCUT2D eigenvalue weighted by molar-refractivity contribution is 0.262. The van der Waals surface area contributed by atoms with E-state index in [-0.39, 0.29) is 5.56 Å². The molecule has 0 saturated heterocycles. The Morgan fingerprint density at radius 3 is 2.88 bits per heavy atom. The van der Waals surface area contributed by atoms with Gasteiger partial charge < -0.3 is 0 Å². The second-order valence-electron chi connectivity index (χ2n) is 4.51. The summed E-state index contributed by atoms with van der Waals surface area (Å²) in [5, 5.41) is 6.48. The Morgan fingerprint density at radius 2 is 2.24 bits per heavy atom. The fourth-order valence-corrected chi connectivity index (χ4v) is 2.75. The number of aromatic nitrogens is 2. The van der Waals surface area contributed by atoms with Gasteiger partial charge >= 0.3 is 0 Å². The molecule has 0 amide bonds. The lowest BCUT2D eigenvalue weighted by atomic mass is 9.85. The topological polar surface area (TPSA) is 34.9 Å². The zero-order valence-electron chi connectivity index (χ0n) is 9.50. The average molecular weight is 246 g/mol. The average Bonchev–Trinajstić information content (AvgIpc) is 2.79. The maximum Gasteiger partial charge on any atom is 0.266 e. The summed E-state index contributed by atoms with van der Waals surface area (Å²) < 4.78 is 1.62. The molecule has 1 aliphatic rings. The van der Waals surface area contributed by atoms with Crippen LogP contribution < -0.4 is 5.56 Å². The molecule has 1 saturated carbocycles. The monoisotopic (exact) mass is 246 g/mol. The van der Waals surface area contributed by atoms with Gasteiger partial charge in [-0.05, 0) is 36.3 Å². The first kappa shape index (κ1) is 10.7. The van der Waals surface area contributed by atoms with E-state index in [1.807, 2.05) is 23.6 Å². The molecule has 4 heteroatoms. The van der Waals surface area contributed by atoms with Gasteiger partial charge in [0.1, 0.15) is 5.69 Å². The summed E-state index contributed by atoms with van der Waals surface area (Å²) >= 11 is 1.65. The Hall–Kier alpha value is -1.42. The van der Waals surface area contributed by atoms with Crippen LogP contribution in [-0.2, 0) is 6.54 Å². The second-order valence-corrected chi connectivity index (χ2v) is 5.46. The van der Waals surface area contributed by atoms with Crippen LogP contribution >= 0.6 is 11.3 Å². The molecule has 0 aromatic carbocycles.